The van der Waals surface area contributed by atoms with Crippen molar-refractivity contribution in [2.24, 2.45) is 0 Å². The molecular weight excluding hydrogens is 152 g/mol. The highest BCUT2D eigenvalue weighted by Gasteiger charge is 2.00. The van der Waals surface area contributed by atoms with Gasteiger partial charge in [0.05, 0.1) is 0 Å². The first kappa shape index (κ1) is 9.17. The first-order valence-electron chi connectivity index (χ1n) is 4.59. The maximum atomic E-state index is 5.21. The Hall–Kier alpha value is -0.920. The molecule has 1 rings (SSSR count). The van der Waals surface area contributed by atoms with Crippen molar-refractivity contribution in [3.8, 4) is 0 Å². The fourth-order valence-electron chi connectivity index (χ4n) is 1.13. The van der Waals surface area contributed by atoms with Gasteiger partial charge in [0.2, 0.25) is 0 Å². The highest BCUT2D eigenvalue weighted by molar-refractivity contribution is 4.94. The fraction of sp³-hybridized carbons (Fsp3) is 0.600. The molecule has 0 aromatic carbocycles. The average Bonchev–Trinajstić information content (AvgIpc) is 2.14. The molecule has 0 aromatic heterocycles. The SMILES string of the molecule is CCCCCCC1=COC=CO1. The quantitative estimate of drug-likeness (QED) is 0.586. The van der Waals surface area contributed by atoms with Gasteiger partial charge in [-0.15, -0.1) is 0 Å². The molecule has 1 heterocycles. The Kier molecular flexibility index (Phi) is 4.35. The molecule has 1 aliphatic heterocycles. The molecule has 0 spiro atoms. The van der Waals surface area contributed by atoms with Gasteiger partial charge in [-0.25, -0.2) is 0 Å². The van der Waals surface area contributed by atoms with Crippen LogP contribution in [0.5, 0.6) is 0 Å². The molecule has 12 heavy (non-hydrogen) atoms. The van der Waals surface area contributed by atoms with Crippen LogP contribution in [0.15, 0.2) is 24.5 Å². The Bertz CT molecular complexity index is 171. The lowest BCUT2D eigenvalue weighted by atomic mass is 10.1. The second kappa shape index (κ2) is 5.70. The van der Waals surface area contributed by atoms with Crippen LogP contribution in [0.25, 0.3) is 0 Å². The van der Waals surface area contributed by atoms with Crippen LogP contribution in [0.4, 0.5) is 0 Å². The number of allylic oxidation sites excluding steroid dienone is 1. The van der Waals surface area contributed by atoms with Crippen molar-refractivity contribution >= 4 is 0 Å². The molecule has 0 amide bonds. The van der Waals surface area contributed by atoms with Crippen LogP contribution < -0.4 is 0 Å². The van der Waals surface area contributed by atoms with Crippen LogP contribution >= 0.6 is 0 Å². The van der Waals surface area contributed by atoms with Gasteiger partial charge in [-0.1, -0.05) is 26.2 Å². The minimum absolute atomic E-state index is 0.939. The van der Waals surface area contributed by atoms with E-state index in [4.69, 9.17) is 9.47 Å². The van der Waals surface area contributed by atoms with E-state index in [-0.39, 0.29) is 0 Å². The minimum Gasteiger partial charge on any atom is -0.466 e. The summed E-state index contributed by atoms with van der Waals surface area (Å²) >= 11 is 0. The zero-order valence-electron chi connectivity index (χ0n) is 7.58. The van der Waals surface area contributed by atoms with E-state index in [9.17, 15) is 0 Å². The van der Waals surface area contributed by atoms with Gasteiger partial charge in [-0.2, -0.15) is 0 Å². The van der Waals surface area contributed by atoms with E-state index in [1.807, 2.05) is 0 Å². The standard InChI is InChI=1S/C10H16O2/c1-2-3-4-5-6-10-9-11-7-8-12-10/h7-9H,2-6H2,1H3. The van der Waals surface area contributed by atoms with Crippen LogP contribution in [0.2, 0.25) is 0 Å². The molecule has 68 valence electrons. The van der Waals surface area contributed by atoms with Crippen LogP contribution in [0.3, 0.4) is 0 Å². The summed E-state index contributed by atoms with van der Waals surface area (Å²) in [6, 6.07) is 0. The molecule has 0 N–H and O–H groups in total. The number of rotatable bonds is 5. The summed E-state index contributed by atoms with van der Waals surface area (Å²) < 4.78 is 10.2. The topological polar surface area (TPSA) is 18.5 Å². The second-order valence-corrected chi connectivity index (χ2v) is 2.92. The maximum Gasteiger partial charge on any atom is 0.138 e. The van der Waals surface area contributed by atoms with Crippen molar-refractivity contribution in [1.29, 1.82) is 0 Å². The summed E-state index contributed by atoms with van der Waals surface area (Å²) in [7, 11) is 0. The first-order chi connectivity index (χ1) is 5.93. The molecule has 0 aromatic rings. The Labute approximate surface area is 73.9 Å². The molecule has 1 aliphatic rings. The lowest BCUT2D eigenvalue weighted by Gasteiger charge is -2.08. The molecule has 0 unspecified atom stereocenters. The van der Waals surface area contributed by atoms with Crippen molar-refractivity contribution in [3.63, 3.8) is 0 Å². The van der Waals surface area contributed by atoms with Crippen molar-refractivity contribution in [2.45, 2.75) is 39.0 Å². The van der Waals surface area contributed by atoms with Gasteiger partial charge < -0.3 is 9.47 Å². The molecular formula is C10H16O2. The minimum atomic E-state index is 0.939. The summed E-state index contributed by atoms with van der Waals surface area (Å²) in [5, 5.41) is 0. The van der Waals surface area contributed by atoms with Crippen molar-refractivity contribution in [1.82, 2.24) is 0 Å². The normalized spacial score (nSPS) is 14.9. The molecule has 2 heteroatoms. The molecule has 0 fully saturated rings. The van der Waals surface area contributed by atoms with Crippen LogP contribution in [-0.4, -0.2) is 0 Å². The number of ether oxygens (including phenoxy) is 2. The van der Waals surface area contributed by atoms with Gasteiger partial charge in [0, 0.05) is 6.42 Å². The summed E-state index contributed by atoms with van der Waals surface area (Å²) in [5.41, 5.74) is 0. The Morgan fingerprint density at radius 1 is 1.17 bits per heavy atom. The predicted octanol–water partition coefficient (Wildman–Crippen LogP) is 3.32. The smallest absolute Gasteiger partial charge is 0.138 e. The average molecular weight is 168 g/mol. The largest absolute Gasteiger partial charge is 0.466 e. The van der Waals surface area contributed by atoms with E-state index in [2.05, 4.69) is 6.92 Å². The second-order valence-electron chi connectivity index (χ2n) is 2.92. The molecule has 0 saturated carbocycles. The lowest BCUT2D eigenvalue weighted by molar-refractivity contribution is 0.244. The van der Waals surface area contributed by atoms with E-state index in [0.717, 1.165) is 12.2 Å². The number of hydrogen-bond donors (Lipinski definition) is 0. The van der Waals surface area contributed by atoms with Crippen molar-refractivity contribution < 1.29 is 9.47 Å². The third kappa shape index (κ3) is 3.46. The highest BCUT2D eigenvalue weighted by Crippen LogP contribution is 2.14. The van der Waals surface area contributed by atoms with E-state index < -0.39 is 0 Å². The number of hydrogen-bond acceptors (Lipinski definition) is 2. The van der Waals surface area contributed by atoms with Crippen molar-refractivity contribution in [2.75, 3.05) is 0 Å². The van der Waals surface area contributed by atoms with E-state index >= 15 is 0 Å². The summed E-state index contributed by atoms with van der Waals surface area (Å²) in [4.78, 5) is 0. The maximum absolute atomic E-state index is 5.21. The van der Waals surface area contributed by atoms with Gasteiger partial charge in [0.25, 0.3) is 0 Å². The zero-order valence-corrected chi connectivity index (χ0v) is 7.58. The third-order valence-corrected chi connectivity index (χ3v) is 1.83. The third-order valence-electron chi connectivity index (χ3n) is 1.83. The Balaban J connectivity index is 2.03. The first-order valence-corrected chi connectivity index (χ1v) is 4.59. The van der Waals surface area contributed by atoms with Gasteiger partial charge in [0.1, 0.15) is 24.5 Å². The molecule has 2 nitrogen and oxygen atoms in total. The Morgan fingerprint density at radius 3 is 2.75 bits per heavy atom. The fourth-order valence-corrected chi connectivity index (χ4v) is 1.13. The van der Waals surface area contributed by atoms with Gasteiger partial charge in [0.15, 0.2) is 0 Å². The van der Waals surface area contributed by atoms with Crippen LogP contribution in [0, 0.1) is 0 Å². The van der Waals surface area contributed by atoms with Gasteiger partial charge in [-0.05, 0) is 6.42 Å². The van der Waals surface area contributed by atoms with E-state index in [0.29, 0.717) is 0 Å². The molecule has 0 bridgehead atoms. The molecule has 0 radical (unpaired) electrons. The zero-order chi connectivity index (χ0) is 8.65. The monoisotopic (exact) mass is 168 g/mol. The van der Waals surface area contributed by atoms with Gasteiger partial charge in [-0.3, -0.25) is 0 Å². The van der Waals surface area contributed by atoms with Crippen LogP contribution in [-0.2, 0) is 9.47 Å². The van der Waals surface area contributed by atoms with Crippen molar-refractivity contribution in [3.05, 3.63) is 24.5 Å². The summed E-state index contributed by atoms with van der Waals surface area (Å²) in [6.45, 7) is 2.21. The summed E-state index contributed by atoms with van der Waals surface area (Å²) in [5.74, 6) is 0.939. The van der Waals surface area contributed by atoms with E-state index in [1.54, 1.807) is 12.5 Å². The Morgan fingerprint density at radius 2 is 2.08 bits per heavy atom. The predicted molar refractivity (Wildman–Crippen MR) is 48.2 cm³/mol. The molecule has 0 atom stereocenters. The number of unbranched alkanes of at least 4 members (excludes halogenated alkanes) is 3. The lowest BCUT2D eigenvalue weighted by Crippen LogP contribution is -1.92. The van der Waals surface area contributed by atoms with E-state index in [1.165, 1.54) is 31.9 Å². The molecule has 0 saturated heterocycles. The highest BCUT2D eigenvalue weighted by atomic mass is 16.5. The molecule has 0 aliphatic carbocycles. The van der Waals surface area contributed by atoms with Gasteiger partial charge >= 0.3 is 0 Å². The summed E-state index contributed by atoms with van der Waals surface area (Å²) in [6.07, 6.45) is 10.8. The van der Waals surface area contributed by atoms with Crippen LogP contribution in [0.1, 0.15) is 39.0 Å².